The van der Waals surface area contributed by atoms with E-state index in [1.807, 2.05) is 19.1 Å². The summed E-state index contributed by atoms with van der Waals surface area (Å²) in [5.41, 5.74) is 1.85. The largest absolute Gasteiger partial charge is 0.389 e. The Hall–Kier alpha value is -1.13. The SMILES string of the molecule is CCN1CCN(c2ccc([C@@H](C)O)c(C)n2)CC1. The quantitative estimate of drug-likeness (QED) is 0.883. The molecule has 1 aromatic rings. The first-order chi connectivity index (χ1) is 8.61. The molecule has 1 N–H and O–H groups in total. The van der Waals surface area contributed by atoms with Gasteiger partial charge in [-0.3, -0.25) is 0 Å². The molecule has 4 heteroatoms. The van der Waals surface area contributed by atoms with Crippen LogP contribution < -0.4 is 4.90 Å². The van der Waals surface area contributed by atoms with Crippen LogP contribution in [0, 0.1) is 6.92 Å². The lowest BCUT2D eigenvalue weighted by Gasteiger charge is -2.35. The van der Waals surface area contributed by atoms with Gasteiger partial charge in [-0.25, -0.2) is 4.98 Å². The van der Waals surface area contributed by atoms with Crippen LogP contribution in [0.5, 0.6) is 0 Å². The van der Waals surface area contributed by atoms with Crippen molar-refractivity contribution in [2.24, 2.45) is 0 Å². The number of nitrogens with zero attached hydrogens (tertiary/aromatic N) is 3. The molecular weight excluding hydrogens is 226 g/mol. The zero-order chi connectivity index (χ0) is 13.1. The van der Waals surface area contributed by atoms with Gasteiger partial charge in [-0.05, 0) is 26.5 Å². The average Bonchev–Trinajstić information content (AvgIpc) is 2.38. The third kappa shape index (κ3) is 2.82. The van der Waals surface area contributed by atoms with Crippen molar-refractivity contribution in [2.75, 3.05) is 37.6 Å². The van der Waals surface area contributed by atoms with E-state index < -0.39 is 6.10 Å². The van der Waals surface area contributed by atoms with Gasteiger partial charge in [-0.15, -0.1) is 0 Å². The van der Waals surface area contributed by atoms with E-state index in [9.17, 15) is 5.11 Å². The van der Waals surface area contributed by atoms with Gasteiger partial charge >= 0.3 is 0 Å². The first kappa shape index (κ1) is 13.3. The minimum absolute atomic E-state index is 0.441. The Bertz CT molecular complexity index is 398. The normalized spacial score (nSPS) is 19.0. The lowest BCUT2D eigenvalue weighted by atomic mass is 10.1. The van der Waals surface area contributed by atoms with Crippen LogP contribution in [0.3, 0.4) is 0 Å². The molecule has 1 aromatic heterocycles. The van der Waals surface area contributed by atoms with Crippen molar-refractivity contribution >= 4 is 5.82 Å². The highest BCUT2D eigenvalue weighted by Crippen LogP contribution is 2.20. The topological polar surface area (TPSA) is 39.6 Å². The minimum atomic E-state index is -0.441. The molecule has 1 aliphatic heterocycles. The van der Waals surface area contributed by atoms with Crippen molar-refractivity contribution in [3.05, 3.63) is 23.4 Å². The molecule has 0 amide bonds. The lowest BCUT2D eigenvalue weighted by molar-refractivity contribution is 0.198. The van der Waals surface area contributed by atoms with Gasteiger partial charge in [0.1, 0.15) is 5.82 Å². The fourth-order valence-electron chi connectivity index (χ4n) is 2.47. The molecule has 2 rings (SSSR count). The summed E-state index contributed by atoms with van der Waals surface area (Å²) in [7, 11) is 0. The van der Waals surface area contributed by atoms with E-state index in [2.05, 4.69) is 21.7 Å². The van der Waals surface area contributed by atoms with Crippen molar-refractivity contribution in [2.45, 2.75) is 26.9 Å². The zero-order valence-electron chi connectivity index (χ0n) is 11.6. The maximum Gasteiger partial charge on any atom is 0.128 e. The molecule has 2 heterocycles. The van der Waals surface area contributed by atoms with Crippen molar-refractivity contribution in [1.29, 1.82) is 0 Å². The second-order valence-corrected chi connectivity index (χ2v) is 4.94. The Kier molecular flexibility index (Phi) is 4.19. The van der Waals surface area contributed by atoms with E-state index in [1.165, 1.54) is 0 Å². The number of aryl methyl sites for hydroxylation is 1. The van der Waals surface area contributed by atoms with E-state index >= 15 is 0 Å². The predicted octanol–water partition coefficient (Wildman–Crippen LogP) is 1.59. The van der Waals surface area contributed by atoms with Crippen LogP contribution >= 0.6 is 0 Å². The molecule has 1 atom stereocenters. The van der Waals surface area contributed by atoms with Gasteiger partial charge in [0, 0.05) is 37.4 Å². The van der Waals surface area contributed by atoms with Crippen LogP contribution in [0.25, 0.3) is 0 Å². The first-order valence-electron chi connectivity index (χ1n) is 6.74. The van der Waals surface area contributed by atoms with E-state index in [1.54, 1.807) is 6.92 Å². The van der Waals surface area contributed by atoms with Crippen LogP contribution in [0.4, 0.5) is 5.82 Å². The lowest BCUT2D eigenvalue weighted by Crippen LogP contribution is -2.46. The molecule has 1 fully saturated rings. The summed E-state index contributed by atoms with van der Waals surface area (Å²) >= 11 is 0. The van der Waals surface area contributed by atoms with Crippen LogP contribution in [0.15, 0.2) is 12.1 Å². The number of anilines is 1. The summed E-state index contributed by atoms with van der Waals surface area (Å²) in [5, 5.41) is 9.61. The Labute approximate surface area is 109 Å². The van der Waals surface area contributed by atoms with Crippen LogP contribution in [-0.2, 0) is 0 Å². The molecule has 0 aliphatic carbocycles. The standard InChI is InChI=1S/C14H23N3O/c1-4-16-7-9-17(10-8-16)14-6-5-13(12(3)18)11(2)15-14/h5-6,12,18H,4,7-10H2,1-3H3/t12-/m1/s1. The van der Waals surface area contributed by atoms with Crippen molar-refractivity contribution < 1.29 is 5.11 Å². The summed E-state index contributed by atoms with van der Waals surface area (Å²) in [6.45, 7) is 11.4. The number of aromatic nitrogens is 1. The van der Waals surface area contributed by atoms with E-state index in [0.717, 1.165) is 49.8 Å². The van der Waals surface area contributed by atoms with Crippen LogP contribution in [0.1, 0.15) is 31.2 Å². The van der Waals surface area contributed by atoms with Crippen molar-refractivity contribution in [1.82, 2.24) is 9.88 Å². The van der Waals surface area contributed by atoms with E-state index in [-0.39, 0.29) is 0 Å². The fourth-order valence-corrected chi connectivity index (χ4v) is 2.47. The van der Waals surface area contributed by atoms with Gasteiger partial charge in [-0.2, -0.15) is 0 Å². The summed E-state index contributed by atoms with van der Waals surface area (Å²) in [6.07, 6.45) is -0.441. The van der Waals surface area contributed by atoms with Gasteiger partial charge in [0.2, 0.25) is 0 Å². The highest BCUT2D eigenvalue weighted by Gasteiger charge is 2.17. The second kappa shape index (κ2) is 5.67. The van der Waals surface area contributed by atoms with Crippen LogP contribution in [-0.4, -0.2) is 47.7 Å². The Morgan fingerprint density at radius 3 is 2.44 bits per heavy atom. The minimum Gasteiger partial charge on any atom is -0.389 e. The number of hydrogen-bond acceptors (Lipinski definition) is 4. The van der Waals surface area contributed by atoms with Crippen molar-refractivity contribution in [3.8, 4) is 0 Å². The molecule has 100 valence electrons. The van der Waals surface area contributed by atoms with Gasteiger partial charge in [0.25, 0.3) is 0 Å². The molecule has 0 unspecified atom stereocenters. The molecule has 1 saturated heterocycles. The number of hydrogen-bond donors (Lipinski definition) is 1. The van der Waals surface area contributed by atoms with Crippen molar-refractivity contribution in [3.63, 3.8) is 0 Å². The Morgan fingerprint density at radius 2 is 1.94 bits per heavy atom. The molecule has 1 aliphatic rings. The summed E-state index contributed by atoms with van der Waals surface area (Å²) in [5.74, 6) is 1.03. The first-order valence-corrected chi connectivity index (χ1v) is 6.74. The molecule has 4 nitrogen and oxygen atoms in total. The maximum absolute atomic E-state index is 9.61. The van der Waals surface area contributed by atoms with Gasteiger partial charge in [0.05, 0.1) is 6.10 Å². The molecule has 0 saturated carbocycles. The van der Waals surface area contributed by atoms with E-state index in [4.69, 9.17) is 0 Å². The number of rotatable bonds is 3. The van der Waals surface area contributed by atoms with Gasteiger partial charge in [-0.1, -0.05) is 13.0 Å². The fraction of sp³-hybridized carbons (Fsp3) is 0.643. The molecule has 18 heavy (non-hydrogen) atoms. The Morgan fingerprint density at radius 1 is 1.28 bits per heavy atom. The number of pyridine rings is 1. The second-order valence-electron chi connectivity index (χ2n) is 4.94. The third-order valence-electron chi connectivity index (χ3n) is 3.71. The molecule has 0 spiro atoms. The molecule has 0 aromatic carbocycles. The van der Waals surface area contributed by atoms with Gasteiger partial charge in [0.15, 0.2) is 0 Å². The highest BCUT2D eigenvalue weighted by molar-refractivity contribution is 5.42. The highest BCUT2D eigenvalue weighted by atomic mass is 16.3. The predicted molar refractivity (Wildman–Crippen MR) is 73.9 cm³/mol. The maximum atomic E-state index is 9.61. The number of aliphatic hydroxyl groups excluding tert-OH is 1. The molecule has 0 radical (unpaired) electrons. The Balaban J connectivity index is 2.08. The third-order valence-corrected chi connectivity index (χ3v) is 3.71. The molecular formula is C14H23N3O. The number of aliphatic hydroxyl groups is 1. The molecule has 0 bridgehead atoms. The summed E-state index contributed by atoms with van der Waals surface area (Å²) in [6, 6.07) is 4.02. The zero-order valence-corrected chi connectivity index (χ0v) is 11.6. The van der Waals surface area contributed by atoms with Gasteiger partial charge < -0.3 is 14.9 Å². The number of likely N-dealkylation sites (N-methyl/N-ethyl adjacent to an activating group) is 1. The number of piperazine rings is 1. The summed E-state index contributed by atoms with van der Waals surface area (Å²) in [4.78, 5) is 9.39. The van der Waals surface area contributed by atoms with Crippen LogP contribution in [0.2, 0.25) is 0 Å². The van der Waals surface area contributed by atoms with E-state index in [0.29, 0.717) is 0 Å². The summed E-state index contributed by atoms with van der Waals surface area (Å²) < 4.78 is 0. The average molecular weight is 249 g/mol. The monoisotopic (exact) mass is 249 g/mol. The smallest absolute Gasteiger partial charge is 0.128 e.